The Bertz CT molecular complexity index is 297. The largest absolute Gasteiger partial charge is 0.330 e. The first-order valence-electron chi connectivity index (χ1n) is 5.98. The maximum Gasteiger partial charge on any atom is 0.107 e. The molecule has 1 rings (SSSR count). The summed E-state index contributed by atoms with van der Waals surface area (Å²) in [5.41, 5.74) is 6.12. The summed E-state index contributed by atoms with van der Waals surface area (Å²) >= 11 is 1.76. The minimum atomic E-state index is 0.256. The van der Waals surface area contributed by atoms with Gasteiger partial charge in [0.1, 0.15) is 5.01 Å². The predicted octanol–water partition coefficient (Wildman–Crippen LogP) is 2.31. The fraction of sp³-hybridized carbons (Fsp3) is 0.750. The van der Waals surface area contributed by atoms with Crippen molar-refractivity contribution in [3.05, 3.63) is 16.1 Å². The first kappa shape index (κ1) is 13.6. The summed E-state index contributed by atoms with van der Waals surface area (Å²) in [5.74, 6) is 0. The van der Waals surface area contributed by atoms with Crippen molar-refractivity contribution in [2.24, 2.45) is 11.1 Å². The van der Waals surface area contributed by atoms with Crippen LogP contribution in [0.1, 0.15) is 36.6 Å². The van der Waals surface area contributed by atoms with Crippen molar-refractivity contribution in [1.29, 1.82) is 0 Å². The number of hydrogen-bond donors (Lipinski definition) is 2. The van der Waals surface area contributed by atoms with Gasteiger partial charge >= 0.3 is 0 Å². The van der Waals surface area contributed by atoms with Crippen molar-refractivity contribution in [2.45, 2.75) is 40.2 Å². The molecule has 0 amide bonds. The molecule has 1 aromatic rings. The molecule has 0 bridgehead atoms. The zero-order valence-corrected chi connectivity index (χ0v) is 11.4. The maximum atomic E-state index is 5.86. The van der Waals surface area contributed by atoms with Crippen LogP contribution in [0, 0.1) is 12.3 Å². The van der Waals surface area contributed by atoms with Crippen molar-refractivity contribution in [3.8, 4) is 0 Å². The van der Waals surface area contributed by atoms with Crippen LogP contribution in [-0.4, -0.2) is 18.1 Å². The molecule has 0 saturated heterocycles. The molecule has 0 unspecified atom stereocenters. The molecule has 0 aromatic carbocycles. The van der Waals surface area contributed by atoms with Crippen molar-refractivity contribution >= 4 is 11.3 Å². The SMILES string of the molecule is CCC(CC)(CN)CNCc1ncc(C)s1. The Morgan fingerprint density at radius 2 is 2.12 bits per heavy atom. The van der Waals surface area contributed by atoms with E-state index in [9.17, 15) is 0 Å². The standard InChI is InChI=1S/C12H23N3S/c1-4-12(5-2,8-13)9-14-7-11-15-6-10(3)16-11/h6,14H,4-5,7-9,13H2,1-3H3. The van der Waals surface area contributed by atoms with Gasteiger partial charge in [-0.3, -0.25) is 0 Å². The number of thiazole rings is 1. The van der Waals surface area contributed by atoms with Crippen LogP contribution in [0.15, 0.2) is 6.20 Å². The highest BCUT2D eigenvalue weighted by molar-refractivity contribution is 7.11. The molecule has 0 aliphatic rings. The third-order valence-electron chi connectivity index (χ3n) is 3.38. The van der Waals surface area contributed by atoms with E-state index in [1.165, 1.54) is 4.88 Å². The van der Waals surface area contributed by atoms with E-state index >= 15 is 0 Å². The summed E-state index contributed by atoms with van der Waals surface area (Å²) in [6.45, 7) is 9.11. The second kappa shape index (κ2) is 6.33. The van der Waals surface area contributed by atoms with Crippen molar-refractivity contribution in [3.63, 3.8) is 0 Å². The fourth-order valence-corrected chi connectivity index (χ4v) is 2.54. The summed E-state index contributed by atoms with van der Waals surface area (Å²) in [5, 5.41) is 4.64. The lowest BCUT2D eigenvalue weighted by Crippen LogP contribution is -2.39. The normalized spacial score (nSPS) is 12.0. The van der Waals surface area contributed by atoms with Gasteiger partial charge in [-0.1, -0.05) is 13.8 Å². The first-order valence-corrected chi connectivity index (χ1v) is 6.79. The van der Waals surface area contributed by atoms with Gasteiger partial charge in [-0.2, -0.15) is 0 Å². The quantitative estimate of drug-likeness (QED) is 0.770. The molecule has 0 radical (unpaired) electrons. The average molecular weight is 241 g/mol. The number of aryl methyl sites for hydroxylation is 1. The monoisotopic (exact) mass is 241 g/mol. The van der Waals surface area contributed by atoms with Gasteiger partial charge in [0.05, 0.1) is 0 Å². The maximum absolute atomic E-state index is 5.86. The molecule has 0 fully saturated rings. The molecule has 3 nitrogen and oxygen atoms in total. The molecule has 0 atom stereocenters. The van der Waals surface area contributed by atoms with E-state index < -0.39 is 0 Å². The molecule has 0 spiro atoms. The Balaban J connectivity index is 2.39. The molecular weight excluding hydrogens is 218 g/mol. The van der Waals surface area contributed by atoms with E-state index in [0.717, 1.165) is 37.5 Å². The van der Waals surface area contributed by atoms with Gasteiger partial charge in [-0.05, 0) is 31.7 Å². The number of aromatic nitrogens is 1. The van der Waals surface area contributed by atoms with E-state index in [2.05, 4.69) is 31.1 Å². The molecule has 16 heavy (non-hydrogen) atoms. The third-order valence-corrected chi connectivity index (χ3v) is 4.29. The molecule has 1 heterocycles. The minimum Gasteiger partial charge on any atom is -0.330 e. The number of hydrogen-bond acceptors (Lipinski definition) is 4. The first-order chi connectivity index (χ1) is 7.65. The zero-order chi connectivity index (χ0) is 12.0. The van der Waals surface area contributed by atoms with E-state index in [1.54, 1.807) is 11.3 Å². The van der Waals surface area contributed by atoms with Crippen LogP contribution in [0.3, 0.4) is 0 Å². The van der Waals surface area contributed by atoms with Gasteiger partial charge in [0.15, 0.2) is 0 Å². The van der Waals surface area contributed by atoms with Crippen molar-refractivity contribution in [1.82, 2.24) is 10.3 Å². The Morgan fingerprint density at radius 3 is 2.56 bits per heavy atom. The lowest BCUT2D eigenvalue weighted by atomic mass is 9.82. The number of nitrogens with two attached hydrogens (primary N) is 1. The molecule has 4 heteroatoms. The van der Waals surface area contributed by atoms with E-state index in [-0.39, 0.29) is 5.41 Å². The van der Waals surface area contributed by atoms with Gasteiger partial charge in [-0.25, -0.2) is 4.98 Å². The topological polar surface area (TPSA) is 50.9 Å². The van der Waals surface area contributed by atoms with Gasteiger partial charge in [-0.15, -0.1) is 11.3 Å². The highest BCUT2D eigenvalue weighted by Crippen LogP contribution is 2.23. The van der Waals surface area contributed by atoms with Crippen LogP contribution in [0.25, 0.3) is 0 Å². The van der Waals surface area contributed by atoms with Crippen LogP contribution in [0.4, 0.5) is 0 Å². The number of rotatable bonds is 7. The average Bonchev–Trinajstić information content (AvgIpc) is 2.71. The summed E-state index contributed by atoms with van der Waals surface area (Å²) in [4.78, 5) is 5.61. The second-order valence-corrected chi connectivity index (χ2v) is 5.70. The highest BCUT2D eigenvalue weighted by atomic mass is 32.1. The Hall–Kier alpha value is -0.450. The lowest BCUT2D eigenvalue weighted by Gasteiger charge is -2.30. The van der Waals surface area contributed by atoms with Crippen LogP contribution in [0.5, 0.6) is 0 Å². The number of nitrogens with zero attached hydrogens (tertiary/aromatic N) is 1. The Morgan fingerprint density at radius 1 is 1.44 bits per heavy atom. The summed E-state index contributed by atoms with van der Waals surface area (Å²) < 4.78 is 0. The second-order valence-electron chi connectivity index (χ2n) is 4.38. The lowest BCUT2D eigenvalue weighted by molar-refractivity contribution is 0.258. The molecule has 1 aromatic heterocycles. The van der Waals surface area contributed by atoms with Gasteiger partial charge in [0.25, 0.3) is 0 Å². The van der Waals surface area contributed by atoms with Crippen LogP contribution < -0.4 is 11.1 Å². The third kappa shape index (κ3) is 3.54. The van der Waals surface area contributed by atoms with Crippen LogP contribution >= 0.6 is 11.3 Å². The van der Waals surface area contributed by atoms with Gasteiger partial charge in [0, 0.05) is 24.2 Å². The smallest absolute Gasteiger partial charge is 0.107 e. The molecule has 0 aliphatic carbocycles. The van der Waals surface area contributed by atoms with E-state index in [4.69, 9.17) is 5.73 Å². The van der Waals surface area contributed by atoms with Crippen LogP contribution in [-0.2, 0) is 6.54 Å². The van der Waals surface area contributed by atoms with Gasteiger partial charge < -0.3 is 11.1 Å². The van der Waals surface area contributed by atoms with E-state index in [0.29, 0.717) is 0 Å². The summed E-state index contributed by atoms with van der Waals surface area (Å²) in [6.07, 6.45) is 4.19. The van der Waals surface area contributed by atoms with Crippen molar-refractivity contribution in [2.75, 3.05) is 13.1 Å². The van der Waals surface area contributed by atoms with Gasteiger partial charge in [0.2, 0.25) is 0 Å². The molecule has 3 N–H and O–H groups in total. The number of nitrogens with one attached hydrogen (secondary N) is 1. The van der Waals surface area contributed by atoms with Crippen LogP contribution in [0.2, 0.25) is 0 Å². The predicted molar refractivity (Wildman–Crippen MR) is 70.6 cm³/mol. The zero-order valence-electron chi connectivity index (χ0n) is 10.5. The minimum absolute atomic E-state index is 0.256. The molecular formula is C12H23N3S. The fourth-order valence-electron chi connectivity index (χ4n) is 1.78. The Kier molecular flexibility index (Phi) is 5.38. The van der Waals surface area contributed by atoms with E-state index in [1.807, 2.05) is 6.20 Å². The van der Waals surface area contributed by atoms with Crippen molar-refractivity contribution < 1.29 is 0 Å². The molecule has 92 valence electrons. The molecule has 0 saturated carbocycles. The summed E-state index contributed by atoms with van der Waals surface area (Å²) in [7, 11) is 0. The Labute approximate surface area is 102 Å². The molecule has 0 aliphatic heterocycles. The highest BCUT2D eigenvalue weighted by Gasteiger charge is 2.23. The summed E-state index contributed by atoms with van der Waals surface area (Å²) in [6, 6.07) is 0.